The lowest BCUT2D eigenvalue weighted by atomic mass is 10.1. The van der Waals surface area contributed by atoms with Crippen molar-refractivity contribution in [2.45, 2.75) is 19.4 Å². The highest BCUT2D eigenvalue weighted by atomic mass is 16.5. The minimum absolute atomic E-state index is 0.512. The second-order valence-corrected chi connectivity index (χ2v) is 3.99. The third-order valence-corrected chi connectivity index (χ3v) is 3.06. The number of piperazine rings is 1. The number of nitrogens with zero attached hydrogens (tertiary/aromatic N) is 2. The Labute approximate surface area is 96.6 Å². The summed E-state index contributed by atoms with van der Waals surface area (Å²) in [6.07, 6.45) is 2.94. The van der Waals surface area contributed by atoms with Gasteiger partial charge >= 0.3 is 0 Å². The van der Waals surface area contributed by atoms with Crippen molar-refractivity contribution in [2.75, 3.05) is 31.6 Å². The SMILES string of the molecule is CCC1CNCCN1c1ncccc1OC. The highest BCUT2D eigenvalue weighted by molar-refractivity contribution is 5.53. The normalized spacial score (nSPS) is 20.9. The first-order valence-corrected chi connectivity index (χ1v) is 5.83. The first-order chi connectivity index (χ1) is 7.86. The van der Waals surface area contributed by atoms with Crippen LogP contribution >= 0.6 is 0 Å². The molecule has 1 saturated heterocycles. The maximum atomic E-state index is 5.37. The number of ether oxygens (including phenoxy) is 1. The number of methoxy groups -OCH3 is 1. The molecule has 1 aromatic rings. The second-order valence-electron chi connectivity index (χ2n) is 3.99. The first kappa shape index (κ1) is 11.2. The third kappa shape index (κ3) is 2.11. The van der Waals surface area contributed by atoms with Crippen molar-refractivity contribution in [1.82, 2.24) is 10.3 Å². The molecule has 0 spiro atoms. The number of nitrogens with one attached hydrogen (secondary N) is 1. The van der Waals surface area contributed by atoms with E-state index in [1.165, 1.54) is 0 Å². The fourth-order valence-electron chi connectivity index (χ4n) is 2.16. The number of rotatable bonds is 3. The molecule has 1 aliphatic heterocycles. The van der Waals surface area contributed by atoms with Gasteiger partial charge in [0.25, 0.3) is 0 Å². The second kappa shape index (κ2) is 5.16. The van der Waals surface area contributed by atoms with E-state index in [0.717, 1.165) is 37.6 Å². The summed E-state index contributed by atoms with van der Waals surface area (Å²) in [5.74, 6) is 1.83. The summed E-state index contributed by atoms with van der Waals surface area (Å²) in [6, 6.07) is 4.39. The zero-order valence-electron chi connectivity index (χ0n) is 9.94. The average Bonchev–Trinajstić information content (AvgIpc) is 2.38. The van der Waals surface area contributed by atoms with Gasteiger partial charge in [-0.25, -0.2) is 4.98 Å². The summed E-state index contributed by atoms with van der Waals surface area (Å²) in [5.41, 5.74) is 0. The van der Waals surface area contributed by atoms with Gasteiger partial charge in [0.1, 0.15) is 0 Å². The molecular weight excluding hydrogens is 202 g/mol. The van der Waals surface area contributed by atoms with Crippen LogP contribution in [0.4, 0.5) is 5.82 Å². The van der Waals surface area contributed by atoms with Crippen molar-refractivity contribution < 1.29 is 4.74 Å². The zero-order chi connectivity index (χ0) is 11.4. The van der Waals surface area contributed by atoms with Crippen molar-refractivity contribution >= 4 is 5.82 Å². The lowest BCUT2D eigenvalue weighted by molar-refractivity contribution is 0.402. The molecule has 1 N–H and O–H groups in total. The van der Waals surface area contributed by atoms with E-state index in [2.05, 4.69) is 22.1 Å². The quantitative estimate of drug-likeness (QED) is 0.834. The van der Waals surface area contributed by atoms with Crippen molar-refractivity contribution in [2.24, 2.45) is 0 Å². The highest BCUT2D eigenvalue weighted by Crippen LogP contribution is 2.27. The minimum atomic E-state index is 0.512. The van der Waals surface area contributed by atoms with Crippen LogP contribution in [-0.2, 0) is 0 Å². The maximum Gasteiger partial charge on any atom is 0.171 e. The van der Waals surface area contributed by atoms with E-state index < -0.39 is 0 Å². The number of pyridine rings is 1. The molecule has 2 heterocycles. The Morgan fingerprint density at radius 3 is 3.25 bits per heavy atom. The van der Waals surface area contributed by atoms with Crippen molar-refractivity contribution in [3.8, 4) is 5.75 Å². The average molecular weight is 221 g/mol. The molecule has 1 atom stereocenters. The van der Waals surface area contributed by atoms with Gasteiger partial charge in [0.15, 0.2) is 11.6 Å². The van der Waals surface area contributed by atoms with Crippen LogP contribution in [-0.4, -0.2) is 37.8 Å². The number of aromatic nitrogens is 1. The van der Waals surface area contributed by atoms with Crippen molar-refractivity contribution in [3.05, 3.63) is 18.3 Å². The predicted octanol–water partition coefficient (Wildman–Crippen LogP) is 1.28. The molecule has 88 valence electrons. The Morgan fingerprint density at radius 1 is 1.62 bits per heavy atom. The Morgan fingerprint density at radius 2 is 2.50 bits per heavy atom. The molecule has 1 aliphatic rings. The summed E-state index contributed by atoms with van der Waals surface area (Å²) in [7, 11) is 1.70. The van der Waals surface area contributed by atoms with Gasteiger partial charge in [0, 0.05) is 31.9 Å². The lowest BCUT2D eigenvalue weighted by Crippen LogP contribution is -2.51. The number of anilines is 1. The molecule has 1 unspecified atom stereocenters. The number of hydrogen-bond acceptors (Lipinski definition) is 4. The predicted molar refractivity (Wildman–Crippen MR) is 65.1 cm³/mol. The summed E-state index contributed by atoms with van der Waals surface area (Å²) in [5, 5.41) is 3.41. The monoisotopic (exact) mass is 221 g/mol. The zero-order valence-corrected chi connectivity index (χ0v) is 9.94. The Hall–Kier alpha value is -1.29. The number of hydrogen-bond donors (Lipinski definition) is 1. The first-order valence-electron chi connectivity index (χ1n) is 5.83. The summed E-state index contributed by atoms with van der Waals surface area (Å²) in [4.78, 5) is 6.79. The van der Waals surface area contributed by atoms with E-state index in [0.29, 0.717) is 6.04 Å². The van der Waals surface area contributed by atoms with E-state index in [4.69, 9.17) is 4.74 Å². The molecule has 1 fully saturated rings. The molecule has 2 rings (SSSR count). The molecule has 16 heavy (non-hydrogen) atoms. The van der Waals surface area contributed by atoms with Gasteiger partial charge in [-0.2, -0.15) is 0 Å². The van der Waals surface area contributed by atoms with Gasteiger partial charge < -0.3 is 15.0 Å². The van der Waals surface area contributed by atoms with E-state index in [-0.39, 0.29) is 0 Å². The van der Waals surface area contributed by atoms with Crippen LogP contribution in [0.25, 0.3) is 0 Å². The topological polar surface area (TPSA) is 37.4 Å². The van der Waals surface area contributed by atoms with E-state index in [9.17, 15) is 0 Å². The molecule has 4 nitrogen and oxygen atoms in total. The van der Waals surface area contributed by atoms with Crippen LogP contribution in [0.5, 0.6) is 5.75 Å². The molecule has 0 radical (unpaired) electrons. The van der Waals surface area contributed by atoms with Crippen molar-refractivity contribution in [1.29, 1.82) is 0 Å². The van der Waals surface area contributed by atoms with Gasteiger partial charge in [0.05, 0.1) is 7.11 Å². The molecule has 4 heteroatoms. The van der Waals surface area contributed by atoms with Gasteiger partial charge in [-0.3, -0.25) is 0 Å². The maximum absolute atomic E-state index is 5.37. The molecule has 0 bridgehead atoms. The van der Waals surface area contributed by atoms with Gasteiger partial charge in [0.2, 0.25) is 0 Å². The van der Waals surface area contributed by atoms with E-state index in [1.807, 2.05) is 18.3 Å². The molecule has 0 aliphatic carbocycles. The fourth-order valence-corrected chi connectivity index (χ4v) is 2.16. The lowest BCUT2D eigenvalue weighted by Gasteiger charge is -2.37. The van der Waals surface area contributed by atoms with Crippen LogP contribution < -0.4 is 15.0 Å². The minimum Gasteiger partial charge on any atom is -0.493 e. The third-order valence-electron chi connectivity index (χ3n) is 3.06. The molecular formula is C12H19N3O. The van der Waals surface area contributed by atoms with E-state index >= 15 is 0 Å². The van der Waals surface area contributed by atoms with Gasteiger partial charge in [-0.15, -0.1) is 0 Å². The highest BCUT2D eigenvalue weighted by Gasteiger charge is 2.23. The van der Waals surface area contributed by atoms with Crippen LogP contribution in [0.1, 0.15) is 13.3 Å². The standard InChI is InChI=1S/C12H19N3O/c1-3-10-9-13-7-8-15(10)12-11(16-2)5-4-6-14-12/h4-6,10,13H,3,7-9H2,1-2H3. The summed E-state index contributed by atoms with van der Waals surface area (Å²) >= 11 is 0. The summed E-state index contributed by atoms with van der Waals surface area (Å²) in [6.45, 7) is 5.23. The molecule has 1 aromatic heterocycles. The Bertz CT molecular complexity index is 343. The van der Waals surface area contributed by atoms with Crippen LogP contribution in [0.15, 0.2) is 18.3 Å². The van der Waals surface area contributed by atoms with Crippen LogP contribution in [0.3, 0.4) is 0 Å². The van der Waals surface area contributed by atoms with Crippen LogP contribution in [0, 0.1) is 0 Å². The van der Waals surface area contributed by atoms with Gasteiger partial charge in [-0.05, 0) is 18.6 Å². The summed E-state index contributed by atoms with van der Waals surface area (Å²) < 4.78 is 5.37. The van der Waals surface area contributed by atoms with Crippen molar-refractivity contribution in [3.63, 3.8) is 0 Å². The van der Waals surface area contributed by atoms with E-state index in [1.54, 1.807) is 7.11 Å². The largest absolute Gasteiger partial charge is 0.493 e. The Kier molecular flexibility index (Phi) is 3.62. The fraction of sp³-hybridized carbons (Fsp3) is 0.583. The molecule has 0 saturated carbocycles. The smallest absolute Gasteiger partial charge is 0.171 e. The van der Waals surface area contributed by atoms with Crippen LogP contribution in [0.2, 0.25) is 0 Å². The van der Waals surface area contributed by atoms with Gasteiger partial charge in [-0.1, -0.05) is 6.92 Å². The molecule has 0 amide bonds. The Balaban J connectivity index is 2.26. The molecule has 0 aromatic carbocycles.